The molecule has 3 heteroatoms. The average molecular weight is 215 g/mol. The van der Waals surface area contributed by atoms with Crippen LogP contribution >= 0.6 is 0 Å². The van der Waals surface area contributed by atoms with Gasteiger partial charge in [0.05, 0.1) is 11.9 Å². The first-order valence-corrected chi connectivity index (χ1v) is 5.98. The number of aromatic nitrogens is 2. The van der Waals surface area contributed by atoms with Crippen LogP contribution in [0, 0.1) is 6.92 Å². The lowest BCUT2D eigenvalue weighted by Crippen LogP contribution is -2.19. The molecule has 0 N–H and O–H groups in total. The second-order valence-corrected chi connectivity index (χ2v) is 4.62. The van der Waals surface area contributed by atoms with Gasteiger partial charge in [-0.25, -0.2) is 4.98 Å². The fourth-order valence-electron chi connectivity index (χ4n) is 2.49. The number of pyridine rings is 1. The van der Waals surface area contributed by atoms with Crippen molar-refractivity contribution in [2.75, 3.05) is 13.1 Å². The second-order valence-electron chi connectivity index (χ2n) is 4.62. The Morgan fingerprint density at radius 2 is 2.12 bits per heavy atom. The van der Waals surface area contributed by atoms with Crippen LogP contribution in [0.15, 0.2) is 24.5 Å². The maximum Gasteiger partial charge on any atom is 0.139 e. The van der Waals surface area contributed by atoms with Crippen LogP contribution in [-0.2, 0) is 6.54 Å². The molecule has 0 radical (unpaired) electrons. The van der Waals surface area contributed by atoms with Gasteiger partial charge in [0, 0.05) is 12.7 Å². The first kappa shape index (κ1) is 9.85. The molecule has 1 saturated heterocycles. The minimum absolute atomic E-state index is 1.03. The summed E-state index contributed by atoms with van der Waals surface area (Å²) in [5, 5.41) is 0. The van der Waals surface area contributed by atoms with Crippen molar-refractivity contribution in [3.63, 3.8) is 0 Å². The van der Waals surface area contributed by atoms with E-state index in [9.17, 15) is 0 Å². The van der Waals surface area contributed by atoms with E-state index in [4.69, 9.17) is 0 Å². The summed E-state index contributed by atoms with van der Waals surface area (Å²) in [5.41, 5.74) is 3.65. The van der Waals surface area contributed by atoms with E-state index < -0.39 is 0 Å². The molecule has 84 valence electrons. The molecular weight excluding hydrogens is 198 g/mol. The molecule has 0 atom stereocenters. The number of hydrogen-bond donors (Lipinski definition) is 0. The Kier molecular flexibility index (Phi) is 2.40. The molecule has 0 aromatic carbocycles. The van der Waals surface area contributed by atoms with Gasteiger partial charge in [-0.3, -0.25) is 4.90 Å². The first-order valence-electron chi connectivity index (χ1n) is 5.98. The van der Waals surface area contributed by atoms with E-state index in [0.29, 0.717) is 0 Å². The molecule has 2 aromatic rings. The van der Waals surface area contributed by atoms with Crippen LogP contribution in [0.2, 0.25) is 0 Å². The third-order valence-electron chi connectivity index (χ3n) is 3.39. The predicted octanol–water partition coefficient (Wildman–Crippen LogP) is 2.24. The Morgan fingerprint density at radius 3 is 2.94 bits per heavy atom. The number of fused-ring (bicyclic) bond motifs is 1. The maximum atomic E-state index is 4.50. The zero-order valence-corrected chi connectivity index (χ0v) is 9.69. The maximum absolute atomic E-state index is 4.50. The van der Waals surface area contributed by atoms with Gasteiger partial charge in [0.2, 0.25) is 0 Å². The van der Waals surface area contributed by atoms with E-state index in [1.807, 2.05) is 6.20 Å². The lowest BCUT2D eigenvalue weighted by molar-refractivity contribution is 0.326. The highest BCUT2D eigenvalue weighted by Gasteiger charge is 2.14. The third kappa shape index (κ3) is 1.61. The van der Waals surface area contributed by atoms with E-state index in [0.717, 1.165) is 12.2 Å². The summed E-state index contributed by atoms with van der Waals surface area (Å²) in [4.78, 5) is 7.00. The minimum Gasteiger partial charge on any atom is -0.303 e. The van der Waals surface area contributed by atoms with Crippen molar-refractivity contribution in [1.82, 2.24) is 14.3 Å². The monoisotopic (exact) mass is 215 g/mol. The van der Waals surface area contributed by atoms with Crippen molar-refractivity contribution >= 4 is 5.65 Å². The number of imidazole rings is 1. The molecule has 2 aromatic heterocycles. The summed E-state index contributed by atoms with van der Waals surface area (Å²) < 4.78 is 2.22. The Bertz CT molecular complexity index is 495. The Morgan fingerprint density at radius 1 is 1.31 bits per heavy atom. The van der Waals surface area contributed by atoms with Gasteiger partial charge in [0.25, 0.3) is 0 Å². The standard InChI is InChI=1S/C13H17N3/c1-11-5-4-8-16-12(9-14-13(11)16)10-15-6-2-3-7-15/h4-5,8-9H,2-3,6-7,10H2,1H3. The summed E-state index contributed by atoms with van der Waals surface area (Å²) in [6.07, 6.45) is 6.81. The zero-order chi connectivity index (χ0) is 11.0. The lowest BCUT2D eigenvalue weighted by Gasteiger charge is -2.13. The Labute approximate surface area is 95.7 Å². The molecule has 0 unspecified atom stereocenters. The molecule has 3 nitrogen and oxygen atoms in total. The van der Waals surface area contributed by atoms with Crippen LogP contribution in [-0.4, -0.2) is 27.4 Å². The van der Waals surface area contributed by atoms with Gasteiger partial charge in [-0.15, -0.1) is 0 Å². The van der Waals surface area contributed by atoms with Crippen LogP contribution in [0.5, 0.6) is 0 Å². The topological polar surface area (TPSA) is 20.5 Å². The predicted molar refractivity (Wildman–Crippen MR) is 64.4 cm³/mol. The second kappa shape index (κ2) is 3.91. The van der Waals surface area contributed by atoms with Gasteiger partial charge < -0.3 is 4.40 Å². The highest BCUT2D eigenvalue weighted by Crippen LogP contribution is 2.15. The van der Waals surface area contributed by atoms with Crippen molar-refractivity contribution < 1.29 is 0 Å². The molecule has 0 saturated carbocycles. The molecule has 0 bridgehead atoms. The van der Waals surface area contributed by atoms with E-state index >= 15 is 0 Å². The smallest absolute Gasteiger partial charge is 0.139 e. The van der Waals surface area contributed by atoms with E-state index in [1.54, 1.807) is 0 Å². The molecule has 0 aliphatic carbocycles. The Balaban J connectivity index is 1.94. The highest BCUT2D eigenvalue weighted by atomic mass is 15.2. The molecule has 1 fully saturated rings. The molecule has 1 aliphatic rings. The van der Waals surface area contributed by atoms with Gasteiger partial charge in [0.1, 0.15) is 5.65 Å². The normalized spacial score (nSPS) is 17.3. The zero-order valence-electron chi connectivity index (χ0n) is 9.69. The van der Waals surface area contributed by atoms with Crippen LogP contribution < -0.4 is 0 Å². The number of hydrogen-bond acceptors (Lipinski definition) is 2. The summed E-state index contributed by atoms with van der Waals surface area (Å²) in [7, 11) is 0. The molecule has 1 aliphatic heterocycles. The fourth-order valence-corrected chi connectivity index (χ4v) is 2.49. The number of nitrogens with zero attached hydrogens (tertiary/aromatic N) is 3. The number of aryl methyl sites for hydroxylation is 1. The molecule has 16 heavy (non-hydrogen) atoms. The Hall–Kier alpha value is -1.35. The molecule has 0 amide bonds. The molecule has 0 spiro atoms. The summed E-state index contributed by atoms with van der Waals surface area (Å²) >= 11 is 0. The SMILES string of the molecule is Cc1cccn2c(CN3CCCC3)cnc12. The van der Waals surface area contributed by atoms with Crippen LogP contribution in [0.4, 0.5) is 0 Å². The van der Waals surface area contributed by atoms with Crippen molar-refractivity contribution in [3.8, 4) is 0 Å². The summed E-state index contributed by atoms with van der Waals surface area (Å²) in [6, 6.07) is 4.21. The van der Waals surface area contributed by atoms with E-state index in [-0.39, 0.29) is 0 Å². The van der Waals surface area contributed by atoms with Gasteiger partial charge >= 0.3 is 0 Å². The number of rotatable bonds is 2. The average Bonchev–Trinajstić information content (AvgIpc) is 2.90. The van der Waals surface area contributed by atoms with E-state index in [2.05, 4.69) is 39.5 Å². The highest BCUT2D eigenvalue weighted by molar-refractivity contribution is 5.48. The molecular formula is C13H17N3. The molecule has 3 heterocycles. The van der Waals surface area contributed by atoms with Gasteiger partial charge in [-0.1, -0.05) is 6.07 Å². The largest absolute Gasteiger partial charge is 0.303 e. The first-order chi connectivity index (χ1) is 7.84. The van der Waals surface area contributed by atoms with Gasteiger partial charge in [0.15, 0.2) is 0 Å². The van der Waals surface area contributed by atoms with Crippen LogP contribution in [0.25, 0.3) is 5.65 Å². The van der Waals surface area contributed by atoms with Gasteiger partial charge in [-0.05, 0) is 44.5 Å². The minimum atomic E-state index is 1.03. The van der Waals surface area contributed by atoms with Crippen molar-refractivity contribution in [2.24, 2.45) is 0 Å². The number of likely N-dealkylation sites (tertiary alicyclic amines) is 1. The summed E-state index contributed by atoms with van der Waals surface area (Å²) in [5.74, 6) is 0. The fraction of sp³-hybridized carbons (Fsp3) is 0.462. The van der Waals surface area contributed by atoms with Crippen molar-refractivity contribution in [2.45, 2.75) is 26.3 Å². The van der Waals surface area contributed by atoms with Crippen molar-refractivity contribution in [3.05, 3.63) is 35.8 Å². The lowest BCUT2D eigenvalue weighted by atomic mass is 10.3. The summed E-state index contributed by atoms with van der Waals surface area (Å²) in [6.45, 7) is 5.62. The quantitative estimate of drug-likeness (QED) is 0.766. The molecule has 3 rings (SSSR count). The van der Waals surface area contributed by atoms with E-state index in [1.165, 1.54) is 37.2 Å². The van der Waals surface area contributed by atoms with Crippen LogP contribution in [0.1, 0.15) is 24.1 Å². The van der Waals surface area contributed by atoms with Crippen LogP contribution in [0.3, 0.4) is 0 Å². The van der Waals surface area contributed by atoms with Gasteiger partial charge in [-0.2, -0.15) is 0 Å². The van der Waals surface area contributed by atoms with Crippen molar-refractivity contribution in [1.29, 1.82) is 0 Å². The third-order valence-corrected chi connectivity index (χ3v) is 3.39.